The molecular weight excluding hydrogens is 765 g/mol. The SMILES string of the molecule is c1ccc(N(c2ccc(-c3c4ccccc4c(-c4ccc(N(c5ccccc5)c5cccc6ccccc56)cc4)c4c3nc3ccccn34)cc2)c2cccc3ccccc23)cc1. The number of para-hydroxylation sites is 2. The molecule has 63 heavy (non-hydrogen) atoms. The summed E-state index contributed by atoms with van der Waals surface area (Å²) in [6.45, 7) is 0. The highest BCUT2D eigenvalue weighted by Crippen LogP contribution is 2.46. The van der Waals surface area contributed by atoms with Gasteiger partial charge in [-0.15, -0.1) is 0 Å². The average molecular weight is 805 g/mol. The predicted molar refractivity (Wildman–Crippen MR) is 265 cm³/mol. The standard InChI is InChI=1S/C59H40N4/c1-3-21-45(22-4-1)62(53-29-15-19-41-17-7-9-25-49(41)53)47-36-32-43(33-37-47)56-51-27-11-12-28-52(51)57(59-58(56)60-55-31-13-14-40-61(55)59)44-34-38-48(39-35-44)63(46-23-5-2-6-24-46)54-30-16-20-42-18-8-10-26-50(42)54/h1-40H. The molecule has 0 aliphatic rings. The number of fused-ring (bicyclic) bond motifs is 6. The van der Waals surface area contributed by atoms with Crippen molar-refractivity contribution in [3.05, 3.63) is 243 Å². The molecule has 0 fully saturated rings. The van der Waals surface area contributed by atoms with E-state index in [1.54, 1.807) is 0 Å². The minimum Gasteiger partial charge on any atom is -0.310 e. The van der Waals surface area contributed by atoms with Crippen molar-refractivity contribution in [3.63, 3.8) is 0 Å². The molecular formula is C59H40N4. The van der Waals surface area contributed by atoms with Crippen LogP contribution in [0.1, 0.15) is 0 Å². The highest BCUT2D eigenvalue weighted by Gasteiger charge is 2.23. The van der Waals surface area contributed by atoms with E-state index in [1.807, 2.05) is 0 Å². The van der Waals surface area contributed by atoms with Gasteiger partial charge in [0.2, 0.25) is 0 Å². The predicted octanol–water partition coefficient (Wildman–Crippen LogP) is 16.2. The van der Waals surface area contributed by atoms with Crippen LogP contribution in [0, 0.1) is 0 Å². The summed E-state index contributed by atoms with van der Waals surface area (Å²) >= 11 is 0. The van der Waals surface area contributed by atoms with Gasteiger partial charge in [0, 0.05) is 50.8 Å². The number of benzene rings is 10. The minimum absolute atomic E-state index is 0.913. The molecule has 2 aromatic heterocycles. The zero-order chi connectivity index (χ0) is 41.7. The molecule has 0 aliphatic carbocycles. The molecule has 0 N–H and O–H groups in total. The van der Waals surface area contributed by atoms with E-state index in [0.717, 1.165) is 78.4 Å². The van der Waals surface area contributed by atoms with Crippen LogP contribution in [0.15, 0.2) is 243 Å². The van der Waals surface area contributed by atoms with E-state index in [0.29, 0.717) is 0 Å². The van der Waals surface area contributed by atoms with E-state index in [2.05, 4.69) is 257 Å². The number of anilines is 6. The fraction of sp³-hybridized carbons (Fsp3) is 0. The zero-order valence-corrected chi connectivity index (χ0v) is 34.4. The second kappa shape index (κ2) is 15.2. The van der Waals surface area contributed by atoms with Gasteiger partial charge in [0.05, 0.1) is 22.4 Å². The molecule has 0 aliphatic heterocycles. The molecule has 296 valence electrons. The van der Waals surface area contributed by atoms with Gasteiger partial charge in [-0.05, 0) is 105 Å². The summed E-state index contributed by atoms with van der Waals surface area (Å²) in [4.78, 5) is 10.1. The van der Waals surface area contributed by atoms with E-state index < -0.39 is 0 Å². The highest BCUT2D eigenvalue weighted by molar-refractivity contribution is 6.20. The summed E-state index contributed by atoms with van der Waals surface area (Å²) in [5.74, 6) is 0. The van der Waals surface area contributed by atoms with Gasteiger partial charge in [0.15, 0.2) is 0 Å². The Morgan fingerprint density at radius 2 is 0.730 bits per heavy atom. The lowest BCUT2D eigenvalue weighted by atomic mass is 9.90. The van der Waals surface area contributed by atoms with E-state index in [1.165, 1.54) is 26.9 Å². The van der Waals surface area contributed by atoms with Crippen LogP contribution < -0.4 is 9.80 Å². The van der Waals surface area contributed by atoms with E-state index in [4.69, 9.17) is 4.98 Å². The number of rotatable bonds is 8. The summed E-state index contributed by atoms with van der Waals surface area (Å²) in [6, 6.07) is 84.8. The first kappa shape index (κ1) is 36.4. The number of imidazole rings is 1. The molecule has 0 saturated heterocycles. The molecule has 0 unspecified atom stereocenters. The Balaban J connectivity index is 1.03. The third kappa shape index (κ3) is 6.19. The summed E-state index contributed by atoms with van der Waals surface area (Å²) in [5.41, 5.74) is 14.2. The molecule has 4 heteroatoms. The van der Waals surface area contributed by atoms with Crippen molar-refractivity contribution in [3.8, 4) is 22.3 Å². The van der Waals surface area contributed by atoms with Crippen molar-refractivity contribution in [1.29, 1.82) is 0 Å². The Morgan fingerprint density at radius 1 is 0.317 bits per heavy atom. The molecule has 4 nitrogen and oxygen atoms in total. The lowest BCUT2D eigenvalue weighted by Gasteiger charge is -2.27. The fourth-order valence-corrected chi connectivity index (χ4v) is 9.54. The summed E-state index contributed by atoms with van der Waals surface area (Å²) in [5, 5.41) is 7.17. The minimum atomic E-state index is 0.913. The molecule has 0 bridgehead atoms. The Bertz CT molecular complexity index is 3600. The Hall–Kier alpha value is -8.47. The van der Waals surface area contributed by atoms with Crippen LogP contribution in [0.2, 0.25) is 0 Å². The summed E-state index contributed by atoms with van der Waals surface area (Å²) < 4.78 is 2.26. The van der Waals surface area contributed by atoms with Crippen molar-refractivity contribution in [1.82, 2.24) is 9.38 Å². The van der Waals surface area contributed by atoms with Gasteiger partial charge in [-0.1, -0.05) is 164 Å². The molecule has 0 atom stereocenters. The maximum atomic E-state index is 5.41. The topological polar surface area (TPSA) is 23.8 Å². The number of hydrogen-bond donors (Lipinski definition) is 0. The molecule has 12 aromatic rings. The van der Waals surface area contributed by atoms with Crippen LogP contribution in [0.4, 0.5) is 34.1 Å². The smallest absolute Gasteiger partial charge is 0.137 e. The van der Waals surface area contributed by atoms with Crippen LogP contribution in [-0.2, 0) is 0 Å². The lowest BCUT2D eigenvalue weighted by molar-refractivity contribution is 1.23. The zero-order valence-electron chi connectivity index (χ0n) is 34.4. The highest BCUT2D eigenvalue weighted by atomic mass is 15.1. The maximum absolute atomic E-state index is 5.41. The number of nitrogens with zero attached hydrogens (tertiary/aromatic N) is 4. The van der Waals surface area contributed by atoms with Crippen molar-refractivity contribution < 1.29 is 0 Å². The molecule has 2 heterocycles. The maximum Gasteiger partial charge on any atom is 0.137 e. The number of aromatic nitrogens is 2. The van der Waals surface area contributed by atoms with E-state index in [-0.39, 0.29) is 0 Å². The number of hydrogen-bond acceptors (Lipinski definition) is 3. The fourth-order valence-electron chi connectivity index (χ4n) is 9.54. The normalized spacial score (nSPS) is 11.5. The second-order valence-corrected chi connectivity index (χ2v) is 16.0. The Kier molecular flexibility index (Phi) is 8.79. The van der Waals surface area contributed by atoms with Gasteiger partial charge >= 0.3 is 0 Å². The van der Waals surface area contributed by atoms with Crippen LogP contribution in [0.25, 0.3) is 71.3 Å². The van der Waals surface area contributed by atoms with Gasteiger partial charge in [0.1, 0.15) is 5.65 Å². The summed E-state index contributed by atoms with van der Waals surface area (Å²) in [6.07, 6.45) is 2.14. The molecule has 0 spiro atoms. The van der Waals surface area contributed by atoms with Crippen molar-refractivity contribution in [2.75, 3.05) is 9.80 Å². The largest absolute Gasteiger partial charge is 0.310 e. The third-order valence-corrected chi connectivity index (χ3v) is 12.3. The molecule has 12 rings (SSSR count). The van der Waals surface area contributed by atoms with Crippen molar-refractivity contribution >= 4 is 83.1 Å². The van der Waals surface area contributed by atoms with Gasteiger partial charge in [-0.3, -0.25) is 4.40 Å². The van der Waals surface area contributed by atoms with Crippen molar-refractivity contribution in [2.45, 2.75) is 0 Å². The first-order chi connectivity index (χ1) is 31.3. The van der Waals surface area contributed by atoms with Crippen LogP contribution in [0.3, 0.4) is 0 Å². The molecule has 0 amide bonds. The van der Waals surface area contributed by atoms with Gasteiger partial charge in [-0.25, -0.2) is 4.98 Å². The number of pyridine rings is 1. The first-order valence-electron chi connectivity index (χ1n) is 21.5. The Labute approximate surface area is 365 Å². The molecule has 0 saturated carbocycles. The quantitative estimate of drug-likeness (QED) is 0.153. The van der Waals surface area contributed by atoms with E-state index in [9.17, 15) is 0 Å². The Morgan fingerprint density at radius 3 is 1.27 bits per heavy atom. The third-order valence-electron chi connectivity index (χ3n) is 12.3. The monoisotopic (exact) mass is 804 g/mol. The molecule has 10 aromatic carbocycles. The van der Waals surface area contributed by atoms with Gasteiger partial charge in [-0.2, -0.15) is 0 Å². The van der Waals surface area contributed by atoms with Crippen molar-refractivity contribution in [2.24, 2.45) is 0 Å². The van der Waals surface area contributed by atoms with Gasteiger partial charge < -0.3 is 9.80 Å². The van der Waals surface area contributed by atoms with Crippen LogP contribution in [0.5, 0.6) is 0 Å². The van der Waals surface area contributed by atoms with Crippen LogP contribution in [-0.4, -0.2) is 9.38 Å². The van der Waals surface area contributed by atoms with Gasteiger partial charge in [0.25, 0.3) is 0 Å². The van der Waals surface area contributed by atoms with Crippen LogP contribution >= 0.6 is 0 Å². The lowest BCUT2D eigenvalue weighted by Crippen LogP contribution is -2.10. The average Bonchev–Trinajstić information content (AvgIpc) is 3.74. The summed E-state index contributed by atoms with van der Waals surface area (Å²) in [7, 11) is 0. The van der Waals surface area contributed by atoms with E-state index >= 15 is 0 Å². The second-order valence-electron chi connectivity index (χ2n) is 16.0. The molecule has 0 radical (unpaired) electrons. The first-order valence-corrected chi connectivity index (χ1v) is 21.5.